The Hall–Kier alpha value is -1.36. The van der Waals surface area contributed by atoms with Gasteiger partial charge in [0.2, 0.25) is 0 Å². The summed E-state index contributed by atoms with van der Waals surface area (Å²) in [6.07, 6.45) is 1.32. The van der Waals surface area contributed by atoms with Gasteiger partial charge in [0, 0.05) is 6.54 Å². The summed E-state index contributed by atoms with van der Waals surface area (Å²) in [5, 5.41) is 0.296. The van der Waals surface area contributed by atoms with Gasteiger partial charge in [-0.3, -0.25) is 9.55 Å². The van der Waals surface area contributed by atoms with Gasteiger partial charge in [0.25, 0.3) is 0 Å². The maximum absolute atomic E-state index is 11.3. The molecule has 13 heavy (non-hydrogen) atoms. The summed E-state index contributed by atoms with van der Waals surface area (Å²) < 4.78 is 1.50. The Balaban J connectivity index is 2.96. The number of hydrogen-bond acceptors (Lipinski definition) is 3. The van der Waals surface area contributed by atoms with Crippen molar-refractivity contribution >= 4 is 22.8 Å². The van der Waals surface area contributed by atoms with Crippen LogP contribution in [0.3, 0.4) is 0 Å². The number of halogens is 1. The Labute approximate surface area is 78.4 Å². The van der Waals surface area contributed by atoms with Crippen LogP contribution >= 0.6 is 11.6 Å². The van der Waals surface area contributed by atoms with Crippen molar-refractivity contribution in [2.45, 2.75) is 13.5 Å². The Bertz CT molecular complexity index is 501. The Morgan fingerprint density at radius 1 is 1.62 bits per heavy atom. The molecule has 2 rings (SSSR count). The highest BCUT2D eigenvalue weighted by Gasteiger charge is 2.09. The number of H-pyrrole nitrogens is 1. The highest BCUT2D eigenvalue weighted by Crippen LogP contribution is 2.15. The monoisotopic (exact) mass is 198 g/mol. The fourth-order valence-corrected chi connectivity index (χ4v) is 1.50. The molecule has 0 radical (unpaired) electrons. The molecule has 5 nitrogen and oxygen atoms in total. The Morgan fingerprint density at radius 3 is 3.08 bits per heavy atom. The predicted molar refractivity (Wildman–Crippen MR) is 48.8 cm³/mol. The molecule has 0 amide bonds. The average Bonchev–Trinajstić information content (AvgIpc) is 2.42. The van der Waals surface area contributed by atoms with Crippen LogP contribution in [0.5, 0.6) is 0 Å². The lowest BCUT2D eigenvalue weighted by atomic mass is 10.5. The molecule has 0 saturated carbocycles. The molecule has 0 saturated heterocycles. The van der Waals surface area contributed by atoms with E-state index < -0.39 is 0 Å². The van der Waals surface area contributed by atoms with E-state index in [4.69, 9.17) is 11.6 Å². The minimum absolute atomic E-state index is 0.208. The first-order valence-corrected chi connectivity index (χ1v) is 4.21. The van der Waals surface area contributed by atoms with Crippen molar-refractivity contribution in [2.24, 2.45) is 0 Å². The molecule has 0 spiro atoms. The first kappa shape index (κ1) is 8.25. The molecule has 0 unspecified atom stereocenters. The van der Waals surface area contributed by atoms with Crippen molar-refractivity contribution in [2.75, 3.05) is 0 Å². The van der Waals surface area contributed by atoms with Crippen LogP contribution in [-0.2, 0) is 6.54 Å². The second-order valence-corrected chi connectivity index (χ2v) is 2.89. The fraction of sp³-hybridized carbons (Fsp3) is 0.286. The van der Waals surface area contributed by atoms with E-state index >= 15 is 0 Å². The Morgan fingerprint density at radius 2 is 2.38 bits per heavy atom. The molecule has 0 bridgehead atoms. The number of imidazole rings is 1. The summed E-state index contributed by atoms with van der Waals surface area (Å²) in [6, 6.07) is 0. The van der Waals surface area contributed by atoms with Gasteiger partial charge in [0.15, 0.2) is 10.8 Å². The van der Waals surface area contributed by atoms with Gasteiger partial charge >= 0.3 is 5.69 Å². The van der Waals surface area contributed by atoms with E-state index in [9.17, 15) is 4.79 Å². The number of fused-ring (bicyclic) bond motifs is 1. The summed E-state index contributed by atoms with van der Waals surface area (Å²) in [7, 11) is 0. The molecule has 6 heteroatoms. The number of aromatic amines is 1. The van der Waals surface area contributed by atoms with Gasteiger partial charge < -0.3 is 0 Å². The summed E-state index contributed by atoms with van der Waals surface area (Å²) in [5.41, 5.74) is 0.836. The normalized spacial score (nSPS) is 10.9. The van der Waals surface area contributed by atoms with Crippen LogP contribution in [0.2, 0.25) is 5.15 Å². The molecule has 68 valence electrons. The molecule has 2 aromatic rings. The van der Waals surface area contributed by atoms with Crippen molar-refractivity contribution in [1.82, 2.24) is 19.5 Å². The third-order valence-electron chi connectivity index (χ3n) is 1.83. The number of rotatable bonds is 1. The second-order valence-electron chi connectivity index (χ2n) is 2.54. The number of hydrogen-bond donors (Lipinski definition) is 1. The van der Waals surface area contributed by atoms with E-state index in [1.165, 1.54) is 10.9 Å². The molecule has 2 aromatic heterocycles. The molecule has 1 N–H and O–H groups in total. The van der Waals surface area contributed by atoms with Crippen molar-refractivity contribution in [3.05, 3.63) is 22.0 Å². The van der Waals surface area contributed by atoms with E-state index in [2.05, 4.69) is 15.0 Å². The van der Waals surface area contributed by atoms with E-state index in [1.54, 1.807) is 0 Å². The summed E-state index contributed by atoms with van der Waals surface area (Å²) >= 11 is 5.82. The van der Waals surface area contributed by atoms with Gasteiger partial charge in [0.05, 0.1) is 0 Å². The second kappa shape index (κ2) is 2.85. The molecular formula is C7H7ClN4O. The number of aromatic nitrogens is 4. The lowest BCUT2D eigenvalue weighted by Crippen LogP contribution is -2.15. The van der Waals surface area contributed by atoms with Crippen molar-refractivity contribution in [1.29, 1.82) is 0 Å². The summed E-state index contributed by atoms with van der Waals surface area (Å²) in [6.45, 7) is 2.41. The first-order valence-electron chi connectivity index (χ1n) is 3.83. The molecular weight excluding hydrogens is 192 g/mol. The van der Waals surface area contributed by atoms with Gasteiger partial charge in [-0.05, 0) is 6.92 Å². The first-order chi connectivity index (χ1) is 6.24. The summed E-state index contributed by atoms with van der Waals surface area (Å²) in [4.78, 5) is 21.6. The topological polar surface area (TPSA) is 63.6 Å². The van der Waals surface area contributed by atoms with Gasteiger partial charge in [0.1, 0.15) is 11.8 Å². The quantitative estimate of drug-likeness (QED) is 0.690. The third kappa shape index (κ3) is 1.12. The molecule has 0 atom stereocenters. The van der Waals surface area contributed by atoms with Crippen molar-refractivity contribution < 1.29 is 0 Å². The van der Waals surface area contributed by atoms with E-state index in [-0.39, 0.29) is 5.69 Å². The number of aryl methyl sites for hydroxylation is 1. The Kier molecular flexibility index (Phi) is 1.81. The highest BCUT2D eigenvalue weighted by atomic mass is 35.5. The molecule has 0 aliphatic rings. The highest BCUT2D eigenvalue weighted by molar-refractivity contribution is 6.33. The zero-order chi connectivity index (χ0) is 9.42. The maximum Gasteiger partial charge on any atom is 0.327 e. The zero-order valence-corrected chi connectivity index (χ0v) is 7.67. The minimum Gasteiger partial charge on any atom is -0.290 e. The van der Waals surface area contributed by atoms with Crippen LogP contribution in [0.1, 0.15) is 6.92 Å². The van der Waals surface area contributed by atoms with Crippen molar-refractivity contribution in [3.63, 3.8) is 0 Å². The van der Waals surface area contributed by atoms with Gasteiger partial charge in [-0.2, -0.15) is 0 Å². The number of nitrogens with one attached hydrogen (secondary N) is 1. The summed E-state index contributed by atoms with van der Waals surface area (Å²) in [5.74, 6) is 0. The maximum atomic E-state index is 11.3. The lowest BCUT2D eigenvalue weighted by molar-refractivity contribution is 0.752. The lowest BCUT2D eigenvalue weighted by Gasteiger charge is -1.97. The number of nitrogens with zero attached hydrogens (tertiary/aromatic N) is 3. The van der Waals surface area contributed by atoms with Crippen LogP contribution in [0, 0.1) is 0 Å². The SMILES string of the molecule is CCn1c(=O)[nH]c2ncnc(Cl)c21. The largest absolute Gasteiger partial charge is 0.327 e. The van der Waals surface area contributed by atoms with Crippen LogP contribution in [0.25, 0.3) is 11.2 Å². The van der Waals surface area contributed by atoms with Gasteiger partial charge in [-0.1, -0.05) is 11.6 Å². The van der Waals surface area contributed by atoms with Crippen LogP contribution in [0.15, 0.2) is 11.1 Å². The fourth-order valence-electron chi connectivity index (χ4n) is 1.26. The predicted octanol–water partition coefficient (Wildman–Crippen LogP) is 0.793. The van der Waals surface area contributed by atoms with Crippen LogP contribution < -0.4 is 5.69 Å². The minimum atomic E-state index is -0.208. The molecule has 2 heterocycles. The van der Waals surface area contributed by atoms with Crippen LogP contribution in [-0.4, -0.2) is 19.5 Å². The van der Waals surface area contributed by atoms with Gasteiger partial charge in [-0.15, -0.1) is 0 Å². The molecule has 0 fully saturated rings. The van der Waals surface area contributed by atoms with Crippen LogP contribution in [0.4, 0.5) is 0 Å². The van der Waals surface area contributed by atoms with E-state index in [0.29, 0.717) is 22.9 Å². The molecule has 0 aliphatic carbocycles. The zero-order valence-electron chi connectivity index (χ0n) is 6.91. The molecule has 0 aromatic carbocycles. The third-order valence-corrected chi connectivity index (χ3v) is 2.11. The smallest absolute Gasteiger partial charge is 0.290 e. The van der Waals surface area contributed by atoms with Gasteiger partial charge in [-0.25, -0.2) is 14.8 Å². The molecule has 0 aliphatic heterocycles. The van der Waals surface area contributed by atoms with Crippen molar-refractivity contribution in [3.8, 4) is 0 Å². The van der Waals surface area contributed by atoms with E-state index in [1.807, 2.05) is 6.92 Å². The standard InChI is InChI=1S/C7H7ClN4O/c1-2-12-4-5(8)9-3-10-6(4)11-7(12)13/h3H,2H2,1H3,(H,9,10,11,13). The average molecular weight is 199 g/mol. The van der Waals surface area contributed by atoms with E-state index in [0.717, 1.165) is 0 Å².